The maximum absolute atomic E-state index is 10.9. The number of pyridine rings is 1. The number of nitrogens with one attached hydrogen (secondary N) is 1. The SMILES string of the molecule is Cc1cc(C(=O)O)cc(NCc2scnc2C)n1. The minimum atomic E-state index is -0.947. The molecule has 94 valence electrons. The molecule has 2 aromatic heterocycles. The second kappa shape index (κ2) is 5.14. The highest BCUT2D eigenvalue weighted by Gasteiger charge is 2.07. The van der Waals surface area contributed by atoms with Crippen molar-refractivity contribution in [2.75, 3.05) is 5.32 Å². The zero-order valence-electron chi connectivity index (χ0n) is 10.1. The van der Waals surface area contributed by atoms with Crippen LogP contribution in [0.3, 0.4) is 0 Å². The summed E-state index contributed by atoms with van der Waals surface area (Å²) < 4.78 is 0. The van der Waals surface area contributed by atoms with Gasteiger partial charge >= 0.3 is 5.97 Å². The zero-order chi connectivity index (χ0) is 13.1. The Morgan fingerprint density at radius 1 is 1.44 bits per heavy atom. The molecular weight excluding hydrogens is 250 g/mol. The van der Waals surface area contributed by atoms with Crippen molar-refractivity contribution < 1.29 is 9.90 Å². The summed E-state index contributed by atoms with van der Waals surface area (Å²) in [5.41, 5.74) is 3.70. The summed E-state index contributed by atoms with van der Waals surface area (Å²) in [5.74, 6) is -0.377. The first-order chi connectivity index (χ1) is 8.56. The van der Waals surface area contributed by atoms with Crippen LogP contribution < -0.4 is 5.32 Å². The van der Waals surface area contributed by atoms with E-state index < -0.39 is 5.97 Å². The third kappa shape index (κ3) is 2.84. The normalized spacial score (nSPS) is 10.3. The van der Waals surface area contributed by atoms with Gasteiger partial charge < -0.3 is 10.4 Å². The molecule has 5 nitrogen and oxygen atoms in total. The lowest BCUT2D eigenvalue weighted by atomic mass is 10.2. The van der Waals surface area contributed by atoms with Crippen molar-refractivity contribution in [1.82, 2.24) is 9.97 Å². The molecule has 18 heavy (non-hydrogen) atoms. The Hall–Kier alpha value is -1.95. The van der Waals surface area contributed by atoms with Gasteiger partial charge in [0.25, 0.3) is 0 Å². The molecule has 0 unspecified atom stereocenters. The van der Waals surface area contributed by atoms with Crippen LogP contribution in [-0.2, 0) is 6.54 Å². The summed E-state index contributed by atoms with van der Waals surface area (Å²) >= 11 is 1.57. The van der Waals surface area contributed by atoms with Crippen LogP contribution in [-0.4, -0.2) is 21.0 Å². The molecule has 0 aliphatic rings. The summed E-state index contributed by atoms with van der Waals surface area (Å²) in [4.78, 5) is 20.5. The number of anilines is 1. The van der Waals surface area contributed by atoms with Gasteiger partial charge in [-0.25, -0.2) is 14.8 Å². The Morgan fingerprint density at radius 2 is 2.22 bits per heavy atom. The molecule has 0 aliphatic carbocycles. The Bertz CT molecular complexity index is 580. The third-order valence-corrected chi connectivity index (χ3v) is 3.41. The lowest BCUT2D eigenvalue weighted by Gasteiger charge is -2.06. The van der Waals surface area contributed by atoms with E-state index in [-0.39, 0.29) is 5.56 Å². The Morgan fingerprint density at radius 3 is 2.83 bits per heavy atom. The molecule has 0 saturated carbocycles. The quantitative estimate of drug-likeness (QED) is 0.886. The summed E-state index contributed by atoms with van der Waals surface area (Å²) in [6.07, 6.45) is 0. The summed E-state index contributed by atoms with van der Waals surface area (Å²) in [6.45, 7) is 4.32. The summed E-state index contributed by atoms with van der Waals surface area (Å²) in [7, 11) is 0. The number of thiazole rings is 1. The molecule has 2 aromatic rings. The highest BCUT2D eigenvalue weighted by molar-refractivity contribution is 7.09. The van der Waals surface area contributed by atoms with Gasteiger partial charge in [-0.2, -0.15) is 0 Å². The van der Waals surface area contributed by atoms with E-state index in [2.05, 4.69) is 15.3 Å². The van der Waals surface area contributed by atoms with Crippen LogP contribution in [0, 0.1) is 13.8 Å². The number of aryl methyl sites for hydroxylation is 2. The van der Waals surface area contributed by atoms with Gasteiger partial charge in [0.1, 0.15) is 5.82 Å². The van der Waals surface area contributed by atoms with Crippen LogP contribution in [0.1, 0.15) is 26.6 Å². The molecule has 0 saturated heterocycles. The maximum Gasteiger partial charge on any atom is 0.335 e. The molecule has 6 heteroatoms. The second-order valence-electron chi connectivity index (χ2n) is 3.90. The average Bonchev–Trinajstić information content (AvgIpc) is 2.71. The molecular formula is C12H13N3O2S. The minimum absolute atomic E-state index is 0.242. The van der Waals surface area contributed by atoms with Crippen molar-refractivity contribution in [1.29, 1.82) is 0 Å². The maximum atomic E-state index is 10.9. The summed E-state index contributed by atoms with van der Waals surface area (Å²) in [5, 5.41) is 12.1. The monoisotopic (exact) mass is 263 g/mol. The number of carboxylic acid groups (broad SMARTS) is 1. The highest BCUT2D eigenvalue weighted by Crippen LogP contribution is 2.15. The van der Waals surface area contributed by atoms with Crippen molar-refractivity contribution in [2.45, 2.75) is 20.4 Å². The fourth-order valence-electron chi connectivity index (χ4n) is 1.55. The van der Waals surface area contributed by atoms with Gasteiger partial charge in [-0.1, -0.05) is 0 Å². The van der Waals surface area contributed by atoms with Gasteiger partial charge in [-0.3, -0.25) is 0 Å². The number of rotatable bonds is 4. The van der Waals surface area contributed by atoms with Crippen molar-refractivity contribution in [3.05, 3.63) is 39.5 Å². The van der Waals surface area contributed by atoms with E-state index in [9.17, 15) is 4.79 Å². The van der Waals surface area contributed by atoms with Crippen molar-refractivity contribution in [3.8, 4) is 0 Å². The Balaban J connectivity index is 2.14. The number of nitrogens with zero attached hydrogens (tertiary/aromatic N) is 2. The topological polar surface area (TPSA) is 75.1 Å². The van der Waals surface area contributed by atoms with Crippen LogP contribution in [0.25, 0.3) is 0 Å². The molecule has 2 heterocycles. The fraction of sp³-hybridized carbons (Fsp3) is 0.250. The first-order valence-corrected chi connectivity index (χ1v) is 6.29. The number of carboxylic acids is 1. The molecule has 0 spiro atoms. The van der Waals surface area contributed by atoms with E-state index in [4.69, 9.17) is 5.11 Å². The van der Waals surface area contributed by atoms with Crippen molar-refractivity contribution >= 4 is 23.1 Å². The molecule has 0 bridgehead atoms. The first-order valence-electron chi connectivity index (χ1n) is 5.41. The van der Waals surface area contributed by atoms with E-state index >= 15 is 0 Å². The molecule has 0 atom stereocenters. The van der Waals surface area contributed by atoms with Gasteiger partial charge in [0.2, 0.25) is 0 Å². The molecule has 2 N–H and O–H groups in total. The lowest BCUT2D eigenvalue weighted by molar-refractivity contribution is 0.0696. The third-order valence-electron chi connectivity index (χ3n) is 2.48. The van der Waals surface area contributed by atoms with E-state index in [1.807, 2.05) is 6.92 Å². The predicted molar refractivity (Wildman–Crippen MR) is 70.1 cm³/mol. The summed E-state index contributed by atoms with van der Waals surface area (Å²) in [6, 6.07) is 3.08. The predicted octanol–water partition coefficient (Wildman–Crippen LogP) is 2.47. The Labute approximate surface area is 109 Å². The molecule has 0 amide bonds. The van der Waals surface area contributed by atoms with Crippen LogP contribution in [0.4, 0.5) is 5.82 Å². The lowest BCUT2D eigenvalue weighted by Crippen LogP contribution is -2.05. The number of aromatic carboxylic acids is 1. The van der Waals surface area contributed by atoms with Crippen molar-refractivity contribution in [2.24, 2.45) is 0 Å². The van der Waals surface area contributed by atoms with Gasteiger partial charge in [0.15, 0.2) is 0 Å². The molecule has 0 aromatic carbocycles. The number of hydrogen-bond donors (Lipinski definition) is 2. The molecule has 0 radical (unpaired) electrons. The van der Waals surface area contributed by atoms with Gasteiger partial charge in [-0.05, 0) is 26.0 Å². The number of aromatic nitrogens is 2. The Kier molecular flexibility index (Phi) is 3.57. The van der Waals surface area contributed by atoms with Gasteiger partial charge in [-0.15, -0.1) is 11.3 Å². The van der Waals surface area contributed by atoms with E-state index in [0.717, 1.165) is 10.6 Å². The van der Waals surface area contributed by atoms with Crippen LogP contribution in [0.5, 0.6) is 0 Å². The first kappa shape index (κ1) is 12.5. The van der Waals surface area contributed by atoms with Crippen LogP contribution in [0.15, 0.2) is 17.6 Å². The average molecular weight is 263 g/mol. The van der Waals surface area contributed by atoms with Gasteiger partial charge in [0.05, 0.1) is 23.3 Å². The van der Waals surface area contributed by atoms with E-state index in [0.29, 0.717) is 18.1 Å². The molecule has 2 rings (SSSR count). The highest BCUT2D eigenvalue weighted by atomic mass is 32.1. The largest absolute Gasteiger partial charge is 0.478 e. The van der Waals surface area contributed by atoms with Crippen LogP contribution in [0.2, 0.25) is 0 Å². The number of carbonyl (C=O) groups is 1. The molecule has 0 fully saturated rings. The second-order valence-corrected chi connectivity index (χ2v) is 4.84. The number of hydrogen-bond acceptors (Lipinski definition) is 5. The van der Waals surface area contributed by atoms with E-state index in [1.165, 1.54) is 6.07 Å². The van der Waals surface area contributed by atoms with Gasteiger partial charge in [0, 0.05) is 10.6 Å². The van der Waals surface area contributed by atoms with Crippen molar-refractivity contribution in [3.63, 3.8) is 0 Å². The standard InChI is InChI=1S/C12H13N3O2S/c1-7-3-9(12(16)17)4-11(15-7)13-5-10-8(2)14-6-18-10/h3-4,6H,5H2,1-2H3,(H,13,15)(H,16,17). The molecule has 0 aliphatic heterocycles. The minimum Gasteiger partial charge on any atom is -0.478 e. The van der Waals surface area contributed by atoms with Crippen LogP contribution >= 0.6 is 11.3 Å². The fourth-order valence-corrected chi connectivity index (χ4v) is 2.27. The zero-order valence-corrected chi connectivity index (χ0v) is 10.9. The van der Waals surface area contributed by atoms with E-state index in [1.54, 1.807) is 29.8 Å². The smallest absolute Gasteiger partial charge is 0.335 e.